The molecule has 12 heteroatoms. The second-order valence-electron chi connectivity index (χ2n) is 6.84. The number of aromatic amines is 1. The Balaban J connectivity index is 1.81. The molecule has 3 aromatic rings. The van der Waals surface area contributed by atoms with Crippen LogP contribution in [0, 0.1) is 0 Å². The van der Waals surface area contributed by atoms with E-state index in [4.69, 9.17) is 16.3 Å². The Morgan fingerprint density at radius 3 is 2.24 bits per heavy atom. The number of hydrogen-bond acceptors (Lipinski definition) is 3. The molecule has 0 atom stereocenters. The number of carbonyl (C=O) groups is 1. The van der Waals surface area contributed by atoms with Crippen molar-refractivity contribution in [2.75, 3.05) is 6.61 Å². The largest absolute Gasteiger partial charge is 0.493 e. The number of H-pyrrole nitrogens is 1. The van der Waals surface area contributed by atoms with E-state index in [0.717, 1.165) is 0 Å². The number of aromatic nitrogens is 2. The number of benzene rings is 2. The highest BCUT2D eigenvalue weighted by molar-refractivity contribution is 6.31. The summed E-state index contributed by atoms with van der Waals surface area (Å²) in [7, 11) is 0. The van der Waals surface area contributed by atoms with E-state index in [-0.39, 0.29) is 17.3 Å². The van der Waals surface area contributed by atoms with Gasteiger partial charge in [-0.15, -0.1) is 0 Å². The molecular formula is C21H16ClF6N3O2. The van der Waals surface area contributed by atoms with Crippen molar-refractivity contribution in [3.05, 3.63) is 69.9 Å². The summed E-state index contributed by atoms with van der Waals surface area (Å²) in [5.74, 6) is -0.316. The van der Waals surface area contributed by atoms with Crippen molar-refractivity contribution in [1.29, 1.82) is 0 Å². The Kier molecular flexibility index (Phi) is 6.92. The summed E-state index contributed by atoms with van der Waals surface area (Å²) in [6.45, 7) is 1.57. The van der Waals surface area contributed by atoms with Gasteiger partial charge in [-0.05, 0) is 55.0 Å². The first kappa shape index (κ1) is 24.4. The van der Waals surface area contributed by atoms with Crippen molar-refractivity contribution in [3.63, 3.8) is 0 Å². The molecule has 0 saturated heterocycles. The minimum Gasteiger partial charge on any atom is -0.493 e. The lowest BCUT2D eigenvalue weighted by Crippen LogP contribution is -2.24. The number of ether oxygens (including phenoxy) is 1. The average Bonchev–Trinajstić information content (AvgIpc) is 3.22. The topological polar surface area (TPSA) is 67.0 Å². The number of nitrogens with zero attached hydrogens (tertiary/aromatic N) is 1. The van der Waals surface area contributed by atoms with E-state index in [1.165, 1.54) is 6.07 Å². The Labute approximate surface area is 188 Å². The molecule has 0 aliphatic rings. The van der Waals surface area contributed by atoms with Crippen LogP contribution in [0.15, 0.2) is 42.5 Å². The second-order valence-corrected chi connectivity index (χ2v) is 7.27. The molecule has 0 unspecified atom stereocenters. The van der Waals surface area contributed by atoms with Gasteiger partial charge in [0.2, 0.25) is 0 Å². The van der Waals surface area contributed by atoms with E-state index < -0.39 is 35.9 Å². The summed E-state index contributed by atoms with van der Waals surface area (Å²) in [5.41, 5.74) is -2.55. The molecule has 2 N–H and O–H groups in total. The predicted octanol–water partition coefficient (Wildman–Crippen LogP) is 6.10. The summed E-state index contributed by atoms with van der Waals surface area (Å²) in [5, 5.41) is 9.18. The van der Waals surface area contributed by atoms with Gasteiger partial charge in [-0.25, -0.2) is 0 Å². The van der Waals surface area contributed by atoms with Crippen LogP contribution in [0.5, 0.6) is 5.75 Å². The molecule has 0 bridgehead atoms. The molecule has 33 heavy (non-hydrogen) atoms. The first-order chi connectivity index (χ1) is 15.4. The highest BCUT2D eigenvalue weighted by Crippen LogP contribution is 2.36. The Morgan fingerprint density at radius 2 is 1.67 bits per heavy atom. The number of rotatable bonds is 6. The van der Waals surface area contributed by atoms with E-state index in [2.05, 4.69) is 15.5 Å². The Hall–Kier alpha value is -3.21. The molecular weight excluding hydrogens is 476 g/mol. The highest BCUT2D eigenvalue weighted by atomic mass is 35.5. The van der Waals surface area contributed by atoms with Crippen LogP contribution in [-0.4, -0.2) is 22.7 Å². The molecule has 1 aromatic heterocycles. The smallest absolute Gasteiger partial charge is 0.416 e. The molecule has 1 amide bonds. The normalized spacial score (nSPS) is 12.0. The van der Waals surface area contributed by atoms with Gasteiger partial charge >= 0.3 is 12.4 Å². The number of hydrogen-bond donors (Lipinski definition) is 2. The molecule has 0 spiro atoms. The van der Waals surface area contributed by atoms with Crippen molar-refractivity contribution in [2.24, 2.45) is 0 Å². The van der Waals surface area contributed by atoms with E-state index >= 15 is 0 Å². The summed E-state index contributed by atoms with van der Waals surface area (Å²) >= 11 is 6.01. The van der Waals surface area contributed by atoms with Gasteiger partial charge in [0.1, 0.15) is 11.4 Å². The van der Waals surface area contributed by atoms with Gasteiger partial charge in [0.25, 0.3) is 5.91 Å². The molecule has 0 aliphatic carbocycles. The lowest BCUT2D eigenvalue weighted by molar-refractivity contribution is -0.143. The standard InChI is InChI=1S/C21H16ClF6N3O2/c1-2-33-18-4-3-14(22)8-15(18)16-9-17(31-30-16)19(32)29-10-11-5-12(20(23,24)25)7-13(6-11)21(26,27)28/h3-9H,2,10H2,1H3,(H,29,32)(H,30,31). The summed E-state index contributed by atoms with van der Waals surface area (Å²) in [6, 6.07) is 7.29. The zero-order valence-corrected chi connectivity index (χ0v) is 17.6. The molecule has 0 fully saturated rings. The number of amides is 1. The zero-order chi connectivity index (χ0) is 24.4. The minimum atomic E-state index is -4.98. The molecule has 3 rings (SSSR count). The first-order valence-electron chi connectivity index (χ1n) is 9.43. The van der Waals surface area contributed by atoms with Crippen LogP contribution in [-0.2, 0) is 18.9 Å². The van der Waals surface area contributed by atoms with Gasteiger partial charge in [-0.3, -0.25) is 9.89 Å². The molecule has 0 aliphatic heterocycles. The fraction of sp³-hybridized carbons (Fsp3) is 0.238. The van der Waals surface area contributed by atoms with Crippen LogP contribution < -0.4 is 10.1 Å². The quantitative estimate of drug-likeness (QED) is 0.410. The maximum absolute atomic E-state index is 13.0. The van der Waals surface area contributed by atoms with Crippen molar-refractivity contribution >= 4 is 17.5 Å². The lowest BCUT2D eigenvalue weighted by Gasteiger charge is -2.14. The van der Waals surface area contributed by atoms with E-state index in [0.29, 0.717) is 40.8 Å². The maximum Gasteiger partial charge on any atom is 0.416 e. The second kappa shape index (κ2) is 9.34. The van der Waals surface area contributed by atoms with Gasteiger partial charge in [-0.2, -0.15) is 31.4 Å². The predicted molar refractivity (Wildman–Crippen MR) is 108 cm³/mol. The van der Waals surface area contributed by atoms with Gasteiger partial charge < -0.3 is 10.1 Å². The van der Waals surface area contributed by atoms with E-state index in [9.17, 15) is 31.1 Å². The monoisotopic (exact) mass is 491 g/mol. The number of nitrogens with one attached hydrogen (secondary N) is 2. The van der Waals surface area contributed by atoms with E-state index in [1.807, 2.05) is 0 Å². The highest BCUT2D eigenvalue weighted by Gasteiger charge is 2.36. The number of halogens is 7. The van der Waals surface area contributed by atoms with Crippen LogP contribution >= 0.6 is 11.6 Å². The summed E-state index contributed by atoms with van der Waals surface area (Å²) in [4.78, 5) is 12.4. The zero-order valence-electron chi connectivity index (χ0n) is 16.9. The molecule has 176 valence electrons. The van der Waals surface area contributed by atoms with Gasteiger partial charge in [0, 0.05) is 17.1 Å². The van der Waals surface area contributed by atoms with Crippen molar-refractivity contribution in [3.8, 4) is 17.0 Å². The fourth-order valence-corrected chi connectivity index (χ4v) is 3.13. The molecule has 1 heterocycles. The fourth-order valence-electron chi connectivity index (χ4n) is 2.96. The first-order valence-corrected chi connectivity index (χ1v) is 9.81. The van der Waals surface area contributed by atoms with Gasteiger partial charge in [-0.1, -0.05) is 11.6 Å². The third-order valence-electron chi connectivity index (χ3n) is 4.44. The molecule has 0 saturated carbocycles. The van der Waals surface area contributed by atoms with Crippen molar-refractivity contribution in [2.45, 2.75) is 25.8 Å². The molecule has 0 radical (unpaired) electrons. The third-order valence-corrected chi connectivity index (χ3v) is 4.68. The van der Waals surface area contributed by atoms with Crippen LogP contribution in [0.25, 0.3) is 11.3 Å². The summed E-state index contributed by atoms with van der Waals surface area (Å²) in [6.07, 6.45) is -9.96. The van der Waals surface area contributed by atoms with Gasteiger partial charge in [0.15, 0.2) is 0 Å². The van der Waals surface area contributed by atoms with E-state index in [1.54, 1.807) is 25.1 Å². The Bertz CT molecular complexity index is 1130. The van der Waals surface area contributed by atoms with Crippen LogP contribution in [0.3, 0.4) is 0 Å². The average molecular weight is 492 g/mol. The van der Waals surface area contributed by atoms with Gasteiger partial charge in [0.05, 0.1) is 23.4 Å². The van der Waals surface area contributed by atoms with Crippen LogP contribution in [0.4, 0.5) is 26.3 Å². The van der Waals surface area contributed by atoms with Crippen molar-refractivity contribution < 1.29 is 35.9 Å². The molecule has 2 aromatic carbocycles. The summed E-state index contributed by atoms with van der Waals surface area (Å²) < 4.78 is 83.5. The third kappa shape index (κ3) is 5.98. The van der Waals surface area contributed by atoms with Crippen LogP contribution in [0.1, 0.15) is 34.1 Å². The molecule has 5 nitrogen and oxygen atoms in total. The number of carbonyl (C=O) groups excluding carboxylic acids is 1. The SMILES string of the molecule is CCOc1ccc(Cl)cc1-c1cc(C(=O)NCc2cc(C(F)(F)F)cc(C(F)(F)F)c2)[nH]n1. The van der Waals surface area contributed by atoms with Crippen LogP contribution in [0.2, 0.25) is 5.02 Å². The number of alkyl halides is 6. The maximum atomic E-state index is 13.0. The van der Waals surface area contributed by atoms with Crippen molar-refractivity contribution in [1.82, 2.24) is 15.5 Å². The lowest BCUT2D eigenvalue weighted by atomic mass is 10.0. The minimum absolute atomic E-state index is 0.0213. The Morgan fingerprint density at radius 1 is 1.03 bits per heavy atom.